The van der Waals surface area contributed by atoms with Crippen LogP contribution in [0.5, 0.6) is 0 Å². The van der Waals surface area contributed by atoms with Crippen molar-refractivity contribution in [2.24, 2.45) is 0 Å². The van der Waals surface area contributed by atoms with Crippen LogP contribution < -0.4 is 0 Å². The van der Waals surface area contributed by atoms with Gasteiger partial charge in [-0.05, 0) is 49.4 Å². The predicted molar refractivity (Wildman–Crippen MR) is 109 cm³/mol. The molecule has 0 spiro atoms. The molecule has 0 fully saturated rings. The van der Waals surface area contributed by atoms with E-state index in [2.05, 4.69) is 15.2 Å². The molecule has 0 bridgehead atoms. The van der Waals surface area contributed by atoms with Gasteiger partial charge in [-0.1, -0.05) is 11.6 Å². The molecule has 146 valence electrons. The third-order valence-electron chi connectivity index (χ3n) is 5.08. The molecule has 1 unspecified atom stereocenters. The summed E-state index contributed by atoms with van der Waals surface area (Å²) in [6.07, 6.45) is 0. The molecule has 5 rings (SSSR count). The second-order valence-corrected chi connectivity index (χ2v) is 8.31. The normalized spacial score (nSPS) is 16.2. The van der Waals surface area contributed by atoms with E-state index in [1.54, 1.807) is 4.90 Å². The van der Waals surface area contributed by atoms with E-state index in [1.165, 1.54) is 35.6 Å². The average molecular weight is 428 g/mol. The summed E-state index contributed by atoms with van der Waals surface area (Å²) in [4.78, 5) is 19.3. The van der Waals surface area contributed by atoms with E-state index in [-0.39, 0.29) is 17.8 Å². The zero-order chi connectivity index (χ0) is 20.1. The summed E-state index contributed by atoms with van der Waals surface area (Å²) >= 11 is 7.59. The minimum absolute atomic E-state index is 0.150. The van der Waals surface area contributed by atoms with E-state index in [9.17, 15) is 9.18 Å². The number of halogens is 2. The third-order valence-corrected chi connectivity index (χ3v) is 6.33. The van der Waals surface area contributed by atoms with E-state index in [1.807, 2.05) is 29.7 Å². The summed E-state index contributed by atoms with van der Waals surface area (Å²) < 4.78 is 16.2. The van der Waals surface area contributed by atoms with Crippen molar-refractivity contribution in [3.63, 3.8) is 0 Å². The van der Waals surface area contributed by atoms with Crippen LogP contribution in [0, 0.1) is 5.82 Å². The Kier molecular flexibility index (Phi) is 4.33. The Balaban J connectivity index is 1.47. The molecule has 1 aliphatic heterocycles. The average Bonchev–Trinajstić information content (AvgIpc) is 3.32. The zero-order valence-electron chi connectivity index (χ0n) is 15.3. The summed E-state index contributed by atoms with van der Waals surface area (Å²) in [5, 5.41) is 10.1. The molecule has 0 aliphatic carbocycles. The fourth-order valence-electron chi connectivity index (χ4n) is 3.57. The number of carbonyl (C=O) groups excluding carboxylic acids is 1. The lowest BCUT2D eigenvalue weighted by Crippen LogP contribution is -2.41. The van der Waals surface area contributed by atoms with Gasteiger partial charge in [-0.15, -0.1) is 21.5 Å². The standard InChI is InChI=1S/C20H15ClFN5OS/c1-11-17-24-25-18(19-23-15-7-4-13(21)10-16(15)29-19)27(17)9-8-26(11)20(28)12-2-5-14(22)6-3-12/h2-7,10-11H,8-9H2,1H3. The first-order valence-electron chi connectivity index (χ1n) is 9.07. The molecular weight excluding hydrogens is 413 g/mol. The Morgan fingerprint density at radius 3 is 2.76 bits per heavy atom. The summed E-state index contributed by atoms with van der Waals surface area (Å²) in [6.45, 7) is 2.99. The monoisotopic (exact) mass is 427 g/mol. The number of hydrogen-bond acceptors (Lipinski definition) is 5. The van der Waals surface area contributed by atoms with Gasteiger partial charge in [0.05, 0.1) is 16.3 Å². The molecule has 1 atom stereocenters. The van der Waals surface area contributed by atoms with Gasteiger partial charge in [0, 0.05) is 23.7 Å². The number of nitrogens with zero attached hydrogens (tertiary/aromatic N) is 5. The van der Waals surface area contributed by atoms with Crippen molar-refractivity contribution >= 4 is 39.1 Å². The maximum atomic E-state index is 13.2. The molecule has 29 heavy (non-hydrogen) atoms. The summed E-state index contributed by atoms with van der Waals surface area (Å²) in [5.74, 6) is 0.884. The highest BCUT2D eigenvalue weighted by atomic mass is 35.5. The van der Waals surface area contributed by atoms with Crippen molar-refractivity contribution in [3.8, 4) is 10.8 Å². The fourth-order valence-corrected chi connectivity index (χ4v) is 4.81. The van der Waals surface area contributed by atoms with Gasteiger partial charge < -0.3 is 9.47 Å². The van der Waals surface area contributed by atoms with Crippen LogP contribution in [-0.4, -0.2) is 37.1 Å². The first-order chi connectivity index (χ1) is 14.0. The van der Waals surface area contributed by atoms with Crippen LogP contribution in [0.2, 0.25) is 5.02 Å². The van der Waals surface area contributed by atoms with Crippen molar-refractivity contribution in [3.05, 3.63) is 64.7 Å². The minimum atomic E-state index is -0.366. The Labute approximate surface area is 174 Å². The minimum Gasteiger partial charge on any atom is -0.327 e. The molecule has 6 nitrogen and oxygen atoms in total. The molecule has 0 saturated heterocycles. The largest absolute Gasteiger partial charge is 0.327 e. The molecule has 4 aromatic rings. The van der Waals surface area contributed by atoms with Crippen molar-refractivity contribution in [2.75, 3.05) is 6.54 Å². The molecular formula is C20H15ClFN5OS. The highest BCUT2D eigenvalue weighted by molar-refractivity contribution is 7.21. The van der Waals surface area contributed by atoms with Crippen molar-refractivity contribution < 1.29 is 9.18 Å². The van der Waals surface area contributed by atoms with Crippen molar-refractivity contribution in [1.29, 1.82) is 0 Å². The number of benzene rings is 2. The molecule has 0 saturated carbocycles. The van der Waals surface area contributed by atoms with Crippen LogP contribution in [0.3, 0.4) is 0 Å². The zero-order valence-corrected chi connectivity index (χ0v) is 16.9. The topological polar surface area (TPSA) is 63.9 Å². The molecule has 2 aromatic heterocycles. The van der Waals surface area contributed by atoms with Crippen LogP contribution in [0.4, 0.5) is 4.39 Å². The second kappa shape index (κ2) is 6.89. The summed E-state index contributed by atoms with van der Waals surface area (Å²) in [5.41, 5.74) is 1.32. The van der Waals surface area contributed by atoms with E-state index >= 15 is 0 Å². The molecule has 9 heteroatoms. The molecule has 0 radical (unpaired) electrons. The van der Waals surface area contributed by atoms with Gasteiger partial charge in [-0.25, -0.2) is 9.37 Å². The lowest BCUT2D eigenvalue weighted by molar-refractivity contribution is 0.0638. The molecule has 2 aromatic carbocycles. The van der Waals surface area contributed by atoms with E-state index in [4.69, 9.17) is 11.6 Å². The van der Waals surface area contributed by atoms with Crippen LogP contribution in [-0.2, 0) is 6.54 Å². The van der Waals surface area contributed by atoms with Crippen LogP contribution in [0.1, 0.15) is 29.1 Å². The number of rotatable bonds is 2. The number of amides is 1. The van der Waals surface area contributed by atoms with Gasteiger partial charge in [0.1, 0.15) is 5.82 Å². The molecule has 1 aliphatic rings. The lowest BCUT2D eigenvalue weighted by Gasteiger charge is -2.33. The third kappa shape index (κ3) is 3.08. The number of thiazole rings is 1. The van der Waals surface area contributed by atoms with Crippen LogP contribution >= 0.6 is 22.9 Å². The Morgan fingerprint density at radius 2 is 1.97 bits per heavy atom. The van der Waals surface area contributed by atoms with Crippen molar-refractivity contribution in [2.45, 2.75) is 19.5 Å². The molecule has 0 N–H and O–H groups in total. The SMILES string of the molecule is CC1c2nnc(-c3nc4ccc(Cl)cc4s3)n2CCN1C(=O)c1ccc(F)cc1. The number of carbonyl (C=O) groups is 1. The Bertz CT molecular complexity index is 1240. The van der Waals surface area contributed by atoms with Crippen LogP contribution in [0.25, 0.3) is 21.0 Å². The highest BCUT2D eigenvalue weighted by Gasteiger charge is 2.32. The number of hydrogen-bond donors (Lipinski definition) is 0. The van der Waals surface area contributed by atoms with Gasteiger partial charge in [-0.3, -0.25) is 4.79 Å². The summed E-state index contributed by atoms with van der Waals surface area (Å²) in [6, 6.07) is 10.9. The lowest BCUT2D eigenvalue weighted by atomic mass is 10.1. The van der Waals surface area contributed by atoms with Gasteiger partial charge in [0.2, 0.25) is 0 Å². The maximum Gasteiger partial charge on any atom is 0.254 e. The molecule has 1 amide bonds. The fraction of sp³-hybridized carbons (Fsp3) is 0.200. The highest BCUT2D eigenvalue weighted by Crippen LogP contribution is 2.34. The Hall–Kier alpha value is -2.84. The Morgan fingerprint density at radius 1 is 1.17 bits per heavy atom. The van der Waals surface area contributed by atoms with Gasteiger partial charge in [0.15, 0.2) is 16.7 Å². The first-order valence-corrected chi connectivity index (χ1v) is 10.3. The van der Waals surface area contributed by atoms with Crippen molar-refractivity contribution in [1.82, 2.24) is 24.6 Å². The van der Waals surface area contributed by atoms with E-state index in [0.717, 1.165) is 15.2 Å². The number of fused-ring (bicyclic) bond motifs is 2. The van der Waals surface area contributed by atoms with Gasteiger partial charge in [0.25, 0.3) is 5.91 Å². The van der Waals surface area contributed by atoms with E-state index < -0.39 is 0 Å². The quantitative estimate of drug-likeness (QED) is 0.470. The molecule has 3 heterocycles. The maximum absolute atomic E-state index is 13.2. The van der Waals surface area contributed by atoms with Gasteiger partial charge in [-0.2, -0.15) is 0 Å². The smallest absolute Gasteiger partial charge is 0.254 e. The van der Waals surface area contributed by atoms with Gasteiger partial charge >= 0.3 is 0 Å². The van der Waals surface area contributed by atoms with E-state index in [0.29, 0.717) is 35.3 Å². The van der Waals surface area contributed by atoms with Crippen LogP contribution in [0.15, 0.2) is 42.5 Å². The number of aromatic nitrogens is 4. The predicted octanol–water partition coefficient (Wildman–Crippen LogP) is 4.56. The second-order valence-electron chi connectivity index (χ2n) is 6.85. The first kappa shape index (κ1) is 18.2. The summed E-state index contributed by atoms with van der Waals surface area (Å²) in [7, 11) is 0.